The molecule has 1 saturated carbocycles. The van der Waals surface area contributed by atoms with Gasteiger partial charge in [0.15, 0.2) is 5.65 Å². The summed E-state index contributed by atoms with van der Waals surface area (Å²) >= 11 is 0. The van der Waals surface area contributed by atoms with Crippen molar-refractivity contribution in [2.75, 3.05) is 19.0 Å². The number of halogens is 3. The molecule has 34 heavy (non-hydrogen) atoms. The van der Waals surface area contributed by atoms with E-state index in [1.165, 1.54) is 11.9 Å². The Kier molecular flexibility index (Phi) is 4.97. The Balaban J connectivity index is 1.34. The second-order valence-corrected chi connectivity index (χ2v) is 9.08. The number of rotatable bonds is 3. The molecule has 3 fully saturated rings. The zero-order valence-electron chi connectivity index (χ0n) is 18.6. The summed E-state index contributed by atoms with van der Waals surface area (Å²) in [6.07, 6.45) is 2.12. The number of alkyl halides is 3. The van der Waals surface area contributed by atoms with Gasteiger partial charge in [-0.3, -0.25) is 9.89 Å². The van der Waals surface area contributed by atoms with Crippen molar-refractivity contribution in [1.82, 2.24) is 24.6 Å². The summed E-state index contributed by atoms with van der Waals surface area (Å²) in [4.78, 5) is 31.2. The molecule has 3 aromatic rings. The van der Waals surface area contributed by atoms with Crippen LogP contribution in [0.15, 0.2) is 35.5 Å². The largest absolute Gasteiger partial charge is 0.417 e. The summed E-state index contributed by atoms with van der Waals surface area (Å²) in [5.41, 5.74) is -1.64. The van der Waals surface area contributed by atoms with Crippen LogP contribution in [0.3, 0.4) is 0 Å². The zero-order valence-corrected chi connectivity index (χ0v) is 18.6. The first-order valence-electron chi connectivity index (χ1n) is 10.8. The van der Waals surface area contributed by atoms with Crippen LogP contribution in [0.5, 0.6) is 0 Å². The van der Waals surface area contributed by atoms with E-state index >= 15 is 0 Å². The number of ether oxygens (including phenoxy) is 1. The molecule has 3 aliphatic rings. The summed E-state index contributed by atoms with van der Waals surface area (Å²) in [6.45, 7) is 0.265. The number of anilines is 1. The first-order chi connectivity index (χ1) is 16.0. The highest BCUT2D eigenvalue weighted by molar-refractivity contribution is 5.89. The fraction of sp³-hybridized carbons (Fsp3) is 0.455. The lowest BCUT2D eigenvalue weighted by molar-refractivity contribution is -0.186. The summed E-state index contributed by atoms with van der Waals surface area (Å²) in [5, 5.41) is 10.1. The number of fused-ring (bicyclic) bond motifs is 4. The standard InChI is InChI=1S/C22H23F3N6O3/c1-30-11-15(22(23,24)25)8-16(18(30)32)28-19(33)31(2)20-3-5-21(6-4-20,34-12-20)14-7-13-9-27-29-17(13)26-10-14/h7-11H,3-6,12H2,1-2H3,(H,28,33)(H,26,27,29). The van der Waals surface area contributed by atoms with Gasteiger partial charge in [0, 0.05) is 37.4 Å². The maximum absolute atomic E-state index is 13.2. The molecule has 0 unspecified atom stereocenters. The first kappa shape index (κ1) is 22.4. The summed E-state index contributed by atoms with van der Waals surface area (Å²) in [7, 11) is 2.79. The smallest absolute Gasteiger partial charge is 0.368 e. The van der Waals surface area contributed by atoms with Crippen molar-refractivity contribution < 1.29 is 22.7 Å². The number of likely N-dealkylation sites (N-methyl/N-ethyl adjacent to an activating group) is 1. The topological polar surface area (TPSA) is 105 Å². The van der Waals surface area contributed by atoms with Gasteiger partial charge in [0.25, 0.3) is 5.56 Å². The number of aromatic amines is 1. The fourth-order valence-electron chi connectivity index (χ4n) is 4.94. The van der Waals surface area contributed by atoms with Crippen molar-refractivity contribution in [3.63, 3.8) is 0 Å². The monoisotopic (exact) mass is 476 g/mol. The number of urea groups is 1. The van der Waals surface area contributed by atoms with Crippen LogP contribution in [0.2, 0.25) is 0 Å². The van der Waals surface area contributed by atoms with Gasteiger partial charge in [-0.2, -0.15) is 18.3 Å². The molecule has 3 aromatic heterocycles. The Hall–Kier alpha value is -3.41. The third-order valence-electron chi connectivity index (χ3n) is 7.19. The Labute approximate surface area is 191 Å². The summed E-state index contributed by atoms with van der Waals surface area (Å²) in [5.74, 6) is 0. The van der Waals surface area contributed by atoms with Crippen molar-refractivity contribution in [2.45, 2.75) is 43.0 Å². The maximum Gasteiger partial charge on any atom is 0.417 e. The average Bonchev–Trinajstić information content (AvgIpc) is 3.30. The van der Waals surface area contributed by atoms with E-state index in [1.54, 1.807) is 19.4 Å². The van der Waals surface area contributed by atoms with E-state index in [0.29, 0.717) is 43.6 Å². The highest BCUT2D eigenvalue weighted by Crippen LogP contribution is 2.51. The van der Waals surface area contributed by atoms with Crippen molar-refractivity contribution in [3.8, 4) is 0 Å². The fourth-order valence-corrected chi connectivity index (χ4v) is 4.94. The normalized spacial score (nSPS) is 24.4. The lowest BCUT2D eigenvalue weighted by atomic mass is 9.68. The van der Waals surface area contributed by atoms with Crippen LogP contribution in [-0.2, 0) is 23.6 Å². The summed E-state index contributed by atoms with van der Waals surface area (Å²) in [6, 6.07) is 2.01. The molecule has 180 valence electrons. The molecule has 9 nitrogen and oxygen atoms in total. The van der Waals surface area contributed by atoms with Crippen molar-refractivity contribution in [2.24, 2.45) is 7.05 Å². The third-order valence-corrected chi connectivity index (χ3v) is 7.19. The van der Waals surface area contributed by atoms with Crippen molar-refractivity contribution >= 4 is 22.8 Å². The van der Waals surface area contributed by atoms with Gasteiger partial charge in [0.2, 0.25) is 0 Å². The molecule has 1 aliphatic carbocycles. The Morgan fingerprint density at radius 3 is 2.62 bits per heavy atom. The van der Waals surface area contributed by atoms with E-state index in [0.717, 1.165) is 15.5 Å². The highest BCUT2D eigenvalue weighted by atomic mass is 19.4. The van der Waals surface area contributed by atoms with Crippen LogP contribution >= 0.6 is 0 Å². The first-order valence-corrected chi connectivity index (χ1v) is 10.8. The maximum atomic E-state index is 13.2. The number of aryl methyl sites for hydroxylation is 1. The van der Waals surface area contributed by atoms with Gasteiger partial charge in [-0.1, -0.05) is 0 Å². The number of H-pyrrole nitrogens is 1. The molecule has 6 rings (SSSR count). The van der Waals surface area contributed by atoms with Crippen LogP contribution in [-0.4, -0.2) is 49.9 Å². The van der Waals surface area contributed by atoms with Gasteiger partial charge >= 0.3 is 12.2 Å². The number of hydrogen-bond acceptors (Lipinski definition) is 5. The Morgan fingerprint density at radius 2 is 1.97 bits per heavy atom. The second kappa shape index (κ2) is 7.55. The number of carbonyl (C=O) groups excluding carboxylic acids is 1. The van der Waals surface area contributed by atoms with Crippen molar-refractivity contribution in [1.29, 1.82) is 0 Å². The minimum absolute atomic E-state index is 0.265. The molecule has 2 N–H and O–H groups in total. The van der Waals surface area contributed by atoms with E-state index < -0.39 is 40.2 Å². The van der Waals surface area contributed by atoms with Gasteiger partial charge in [0.05, 0.1) is 29.5 Å². The predicted octanol–water partition coefficient (Wildman–Crippen LogP) is 3.38. The van der Waals surface area contributed by atoms with Crippen molar-refractivity contribution in [3.05, 3.63) is 52.2 Å². The number of aromatic nitrogens is 4. The van der Waals surface area contributed by atoms with Gasteiger partial charge < -0.3 is 19.5 Å². The van der Waals surface area contributed by atoms with Crippen LogP contribution in [0.25, 0.3) is 11.0 Å². The number of amides is 2. The minimum Gasteiger partial charge on any atom is -0.368 e. The molecule has 0 atom stereocenters. The number of hydrogen-bond donors (Lipinski definition) is 2. The van der Waals surface area contributed by atoms with Crippen LogP contribution < -0.4 is 10.9 Å². The van der Waals surface area contributed by atoms with E-state index in [4.69, 9.17) is 4.74 Å². The average molecular weight is 476 g/mol. The number of pyridine rings is 2. The SMILES string of the molecule is CN(C(=O)Nc1cc(C(F)(F)F)cn(C)c1=O)C12CCC(c3cnc4[nH]ncc4c3)(CC1)OC2. The molecular weight excluding hydrogens is 453 g/mol. The van der Waals surface area contributed by atoms with E-state index in [-0.39, 0.29) is 6.61 Å². The van der Waals surface area contributed by atoms with Crippen LogP contribution in [0.1, 0.15) is 36.8 Å². The van der Waals surface area contributed by atoms with Gasteiger partial charge in [0.1, 0.15) is 5.69 Å². The number of nitrogens with one attached hydrogen (secondary N) is 2. The molecule has 2 bridgehead atoms. The van der Waals surface area contributed by atoms with E-state index in [9.17, 15) is 22.8 Å². The lowest BCUT2D eigenvalue weighted by Crippen LogP contribution is -2.63. The minimum atomic E-state index is -4.65. The third kappa shape index (κ3) is 3.52. The molecule has 0 spiro atoms. The number of nitrogens with zero attached hydrogens (tertiary/aromatic N) is 4. The van der Waals surface area contributed by atoms with Crippen LogP contribution in [0.4, 0.5) is 23.7 Å². The molecule has 5 heterocycles. The Bertz CT molecular complexity index is 1310. The molecule has 2 amide bonds. The second-order valence-electron chi connectivity index (χ2n) is 9.08. The van der Waals surface area contributed by atoms with Crippen LogP contribution in [0, 0.1) is 0 Å². The van der Waals surface area contributed by atoms with Gasteiger partial charge in [-0.15, -0.1) is 0 Å². The van der Waals surface area contributed by atoms with Gasteiger partial charge in [-0.05, 0) is 37.8 Å². The molecule has 0 radical (unpaired) electrons. The predicted molar refractivity (Wildman–Crippen MR) is 116 cm³/mol. The van der Waals surface area contributed by atoms with E-state index in [1.807, 2.05) is 6.07 Å². The summed E-state index contributed by atoms with van der Waals surface area (Å²) < 4.78 is 46.6. The highest BCUT2D eigenvalue weighted by Gasteiger charge is 2.53. The number of carbonyl (C=O) groups is 1. The van der Waals surface area contributed by atoms with E-state index in [2.05, 4.69) is 20.5 Å². The Morgan fingerprint density at radius 1 is 1.24 bits per heavy atom. The quantitative estimate of drug-likeness (QED) is 0.603. The zero-order chi connectivity index (χ0) is 24.3. The van der Waals surface area contributed by atoms with Gasteiger partial charge in [-0.25, -0.2) is 9.78 Å². The molecule has 2 saturated heterocycles. The lowest BCUT2D eigenvalue weighted by Gasteiger charge is -2.56. The molecular formula is C22H23F3N6O3. The molecule has 2 aliphatic heterocycles. The molecule has 12 heteroatoms. The molecule has 0 aromatic carbocycles.